The lowest BCUT2D eigenvalue weighted by molar-refractivity contribution is -0.149. The van der Waals surface area contributed by atoms with Crippen LogP contribution in [-0.2, 0) is 28.5 Å². The Balaban J connectivity index is 3.01. The van der Waals surface area contributed by atoms with Gasteiger partial charge in [-0.15, -0.1) is 0 Å². The summed E-state index contributed by atoms with van der Waals surface area (Å²) < 4.78 is 25.0. The second-order valence-corrected chi connectivity index (χ2v) is 3.16. The van der Waals surface area contributed by atoms with Gasteiger partial charge in [0.1, 0.15) is 6.61 Å². The molecule has 0 aromatic heterocycles. The van der Waals surface area contributed by atoms with Gasteiger partial charge in [0.2, 0.25) is 0 Å². The predicted molar refractivity (Wildman–Crippen MR) is 64.1 cm³/mol. The molecule has 2 N–H and O–H groups in total. The summed E-state index contributed by atoms with van der Waals surface area (Å²) in [5, 5.41) is 0. The molecule has 0 aromatic rings. The van der Waals surface area contributed by atoms with Crippen LogP contribution in [0.25, 0.3) is 0 Å². The molecular formula is C11H23NO6. The molecule has 0 radical (unpaired) electrons. The molecule has 0 atom stereocenters. The van der Waals surface area contributed by atoms with E-state index in [0.717, 1.165) is 0 Å². The molecule has 0 aliphatic carbocycles. The molecule has 0 fully saturated rings. The van der Waals surface area contributed by atoms with Crippen LogP contribution < -0.4 is 5.73 Å². The molecule has 0 saturated heterocycles. The van der Waals surface area contributed by atoms with E-state index in [-0.39, 0.29) is 19.3 Å². The third-order valence-electron chi connectivity index (χ3n) is 1.76. The molecule has 0 unspecified atom stereocenters. The molecule has 0 spiro atoms. The first-order chi connectivity index (χ1) is 8.81. The van der Waals surface area contributed by atoms with Crippen LogP contribution in [0.1, 0.15) is 6.92 Å². The van der Waals surface area contributed by atoms with Gasteiger partial charge in [0.15, 0.2) is 0 Å². The van der Waals surface area contributed by atoms with Crippen LogP contribution in [0.3, 0.4) is 0 Å². The number of carbonyl (C=O) groups excluding carboxylic acids is 1. The molecule has 7 heteroatoms. The van der Waals surface area contributed by atoms with Crippen molar-refractivity contribution in [3.63, 3.8) is 0 Å². The van der Waals surface area contributed by atoms with Crippen molar-refractivity contribution in [3.05, 3.63) is 0 Å². The SMILES string of the molecule is CCOC(=O)COCCOCCOCCOCN. The number of esters is 1. The Morgan fingerprint density at radius 3 is 1.89 bits per heavy atom. The van der Waals surface area contributed by atoms with Gasteiger partial charge < -0.3 is 29.4 Å². The van der Waals surface area contributed by atoms with Gasteiger partial charge in [-0.25, -0.2) is 4.79 Å². The zero-order valence-electron chi connectivity index (χ0n) is 10.9. The van der Waals surface area contributed by atoms with Crippen molar-refractivity contribution in [1.82, 2.24) is 0 Å². The number of ether oxygens (including phenoxy) is 5. The number of carbonyl (C=O) groups is 1. The monoisotopic (exact) mass is 265 g/mol. The van der Waals surface area contributed by atoms with Gasteiger partial charge >= 0.3 is 5.97 Å². The molecule has 18 heavy (non-hydrogen) atoms. The van der Waals surface area contributed by atoms with Crippen LogP contribution in [0.15, 0.2) is 0 Å². The van der Waals surface area contributed by atoms with Crippen molar-refractivity contribution in [2.45, 2.75) is 6.92 Å². The van der Waals surface area contributed by atoms with E-state index in [9.17, 15) is 4.79 Å². The fourth-order valence-corrected chi connectivity index (χ4v) is 0.999. The first-order valence-electron chi connectivity index (χ1n) is 5.98. The minimum absolute atomic E-state index is 0.0376. The molecule has 0 aromatic carbocycles. The quantitative estimate of drug-likeness (QED) is 0.273. The fourth-order valence-electron chi connectivity index (χ4n) is 0.999. The Kier molecular flexibility index (Phi) is 13.8. The van der Waals surface area contributed by atoms with Crippen LogP contribution in [0.2, 0.25) is 0 Å². The van der Waals surface area contributed by atoms with Crippen molar-refractivity contribution in [1.29, 1.82) is 0 Å². The maximum atomic E-state index is 10.9. The molecular weight excluding hydrogens is 242 g/mol. The van der Waals surface area contributed by atoms with E-state index in [0.29, 0.717) is 46.2 Å². The Bertz CT molecular complexity index is 190. The van der Waals surface area contributed by atoms with Crippen molar-refractivity contribution in [2.24, 2.45) is 5.73 Å². The Morgan fingerprint density at radius 1 is 0.889 bits per heavy atom. The molecule has 0 saturated carbocycles. The lowest BCUT2D eigenvalue weighted by Crippen LogP contribution is -2.16. The number of rotatable bonds is 13. The van der Waals surface area contributed by atoms with Crippen molar-refractivity contribution < 1.29 is 28.5 Å². The molecule has 0 bridgehead atoms. The Labute approximate surface area is 107 Å². The minimum atomic E-state index is -0.360. The lowest BCUT2D eigenvalue weighted by atomic mass is 10.6. The average Bonchev–Trinajstić information content (AvgIpc) is 2.36. The standard InChI is InChI=1S/C11H23NO6/c1-2-18-11(13)9-16-7-5-14-3-4-15-6-8-17-10-12/h2-10,12H2,1H3. The summed E-state index contributed by atoms with van der Waals surface area (Å²) in [6.45, 7) is 5.01. The van der Waals surface area contributed by atoms with Crippen molar-refractivity contribution >= 4 is 5.97 Å². The zero-order valence-corrected chi connectivity index (χ0v) is 10.9. The van der Waals surface area contributed by atoms with E-state index >= 15 is 0 Å². The normalized spacial score (nSPS) is 10.6. The zero-order chi connectivity index (χ0) is 13.5. The molecule has 0 aliphatic rings. The van der Waals surface area contributed by atoms with Crippen LogP contribution in [-0.4, -0.2) is 65.6 Å². The van der Waals surface area contributed by atoms with E-state index < -0.39 is 0 Å². The topological polar surface area (TPSA) is 89.2 Å². The second kappa shape index (κ2) is 14.3. The molecule has 108 valence electrons. The van der Waals surface area contributed by atoms with E-state index in [1.54, 1.807) is 6.92 Å². The smallest absolute Gasteiger partial charge is 0.332 e. The number of hydrogen-bond donors (Lipinski definition) is 1. The number of nitrogens with two attached hydrogens (primary N) is 1. The molecule has 0 heterocycles. The Hall–Kier alpha value is -0.730. The highest BCUT2D eigenvalue weighted by Crippen LogP contribution is 1.84. The van der Waals surface area contributed by atoms with Crippen molar-refractivity contribution in [2.75, 3.05) is 59.6 Å². The maximum absolute atomic E-state index is 10.9. The summed E-state index contributed by atoms with van der Waals surface area (Å²) in [6.07, 6.45) is 0. The summed E-state index contributed by atoms with van der Waals surface area (Å²) in [5.74, 6) is -0.360. The summed E-state index contributed by atoms with van der Waals surface area (Å²) in [7, 11) is 0. The first kappa shape index (κ1) is 17.3. The highest BCUT2D eigenvalue weighted by molar-refractivity contribution is 5.70. The fraction of sp³-hybridized carbons (Fsp3) is 0.909. The highest BCUT2D eigenvalue weighted by Gasteiger charge is 2.00. The average molecular weight is 265 g/mol. The van der Waals surface area contributed by atoms with Gasteiger partial charge in [-0.1, -0.05) is 0 Å². The van der Waals surface area contributed by atoms with E-state index in [4.69, 9.17) is 24.7 Å². The van der Waals surface area contributed by atoms with Gasteiger partial charge in [-0.2, -0.15) is 0 Å². The molecule has 0 amide bonds. The minimum Gasteiger partial charge on any atom is -0.464 e. The van der Waals surface area contributed by atoms with Crippen LogP contribution in [0.5, 0.6) is 0 Å². The Morgan fingerprint density at radius 2 is 1.39 bits per heavy atom. The van der Waals surface area contributed by atoms with Gasteiger partial charge in [-0.05, 0) is 6.92 Å². The van der Waals surface area contributed by atoms with Gasteiger partial charge in [0.05, 0.1) is 53.0 Å². The summed E-state index contributed by atoms with van der Waals surface area (Å²) in [5.41, 5.74) is 5.13. The summed E-state index contributed by atoms with van der Waals surface area (Å²) >= 11 is 0. The maximum Gasteiger partial charge on any atom is 0.332 e. The van der Waals surface area contributed by atoms with Crippen LogP contribution >= 0.6 is 0 Å². The third-order valence-corrected chi connectivity index (χ3v) is 1.76. The summed E-state index contributed by atoms with van der Waals surface area (Å²) in [4.78, 5) is 10.9. The third kappa shape index (κ3) is 13.3. The highest BCUT2D eigenvalue weighted by atomic mass is 16.6. The molecule has 0 aliphatic heterocycles. The van der Waals surface area contributed by atoms with E-state index in [2.05, 4.69) is 4.74 Å². The van der Waals surface area contributed by atoms with Crippen LogP contribution in [0.4, 0.5) is 0 Å². The van der Waals surface area contributed by atoms with Crippen LogP contribution in [0, 0.1) is 0 Å². The number of hydrogen-bond acceptors (Lipinski definition) is 7. The molecule has 0 rings (SSSR count). The van der Waals surface area contributed by atoms with Gasteiger partial charge in [-0.3, -0.25) is 0 Å². The predicted octanol–water partition coefficient (Wildman–Crippen LogP) is -0.468. The largest absolute Gasteiger partial charge is 0.464 e. The summed E-state index contributed by atoms with van der Waals surface area (Å²) in [6, 6.07) is 0. The van der Waals surface area contributed by atoms with Crippen molar-refractivity contribution in [3.8, 4) is 0 Å². The second-order valence-electron chi connectivity index (χ2n) is 3.16. The first-order valence-corrected chi connectivity index (χ1v) is 5.98. The van der Waals surface area contributed by atoms with E-state index in [1.165, 1.54) is 0 Å². The van der Waals surface area contributed by atoms with E-state index in [1.807, 2.05) is 0 Å². The molecule has 7 nitrogen and oxygen atoms in total. The van der Waals surface area contributed by atoms with Gasteiger partial charge in [0.25, 0.3) is 0 Å². The van der Waals surface area contributed by atoms with Gasteiger partial charge in [0, 0.05) is 0 Å². The lowest BCUT2D eigenvalue weighted by Gasteiger charge is -2.06.